The van der Waals surface area contributed by atoms with Crippen LogP contribution >= 0.6 is 7.94 Å². The third kappa shape index (κ3) is 6.72. The normalized spacial score (nSPS) is 12.9. The third-order valence-electron chi connectivity index (χ3n) is 1.55. The van der Waals surface area contributed by atoms with Gasteiger partial charge in [-0.3, -0.25) is 0 Å². The van der Waals surface area contributed by atoms with E-state index in [4.69, 9.17) is 9.05 Å². The van der Waals surface area contributed by atoms with Gasteiger partial charge in [0.1, 0.15) is 18.4 Å². The van der Waals surface area contributed by atoms with Crippen molar-refractivity contribution in [3.05, 3.63) is 0 Å². The van der Waals surface area contributed by atoms with Gasteiger partial charge < -0.3 is 0 Å². The molecule has 0 bridgehead atoms. The van der Waals surface area contributed by atoms with Gasteiger partial charge in [0.05, 0.1) is 0 Å². The van der Waals surface area contributed by atoms with Crippen LogP contribution in [0.3, 0.4) is 0 Å². The molecule has 0 saturated carbocycles. The van der Waals surface area contributed by atoms with E-state index < -0.39 is 7.94 Å². The highest BCUT2D eigenvalue weighted by Gasteiger charge is 2.42. The lowest BCUT2D eigenvalue weighted by atomic mass is 10.4. The van der Waals surface area contributed by atoms with Crippen LogP contribution in [0.5, 0.6) is 0 Å². The Balaban J connectivity index is 4.17. The molecule has 4 heteroatoms. The Labute approximate surface area is 88.4 Å². The largest absolute Gasteiger partial charge is 0.409 e. The molecular weight excluding hydrogens is 199 g/mol. The first kappa shape index (κ1) is 14.3. The summed E-state index contributed by atoms with van der Waals surface area (Å²) in [5, 5.41) is 0. The van der Waals surface area contributed by atoms with Gasteiger partial charge in [-0.1, -0.05) is 13.3 Å². The first-order chi connectivity index (χ1) is 6.39. The van der Waals surface area contributed by atoms with Crippen molar-refractivity contribution in [2.75, 3.05) is 6.16 Å². The van der Waals surface area contributed by atoms with Crippen LogP contribution in [0.4, 0.5) is 0 Å². The first-order valence-electron chi connectivity index (χ1n) is 5.37. The van der Waals surface area contributed by atoms with E-state index >= 15 is 0 Å². The quantitative estimate of drug-likeness (QED) is 0.672. The van der Waals surface area contributed by atoms with Crippen LogP contribution in [-0.4, -0.2) is 23.3 Å². The summed E-state index contributed by atoms with van der Waals surface area (Å²) in [7, 11) is -2.60. The highest BCUT2D eigenvalue weighted by atomic mass is 31.2. The standard InChI is InChI=1S/C10H24O3P/c1-6-7-8-14(11,12-9(2)3)13-10(4)5/h9-11H,6-8H2,1-5H3/q+1. The van der Waals surface area contributed by atoms with E-state index in [0.29, 0.717) is 6.16 Å². The predicted molar refractivity (Wildman–Crippen MR) is 61.4 cm³/mol. The Morgan fingerprint density at radius 1 is 1.07 bits per heavy atom. The fourth-order valence-electron chi connectivity index (χ4n) is 1.15. The zero-order valence-electron chi connectivity index (χ0n) is 9.99. The van der Waals surface area contributed by atoms with Crippen LogP contribution in [0.1, 0.15) is 47.5 Å². The molecular formula is C10H24O3P+. The van der Waals surface area contributed by atoms with Crippen molar-refractivity contribution in [2.24, 2.45) is 0 Å². The Morgan fingerprint density at radius 3 is 1.79 bits per heavy atom. The number of hydrogen-bond donors (Lipinski definition) is 1. The third-order valence-corrected chi connectivity index (χ3v) is 3.93. The molecule has 0 fully saturated rings. The minimum Gasteiger partial charge on any atom is -0.193 e. The highest BCUT2D eigenvalue weighted by Crippen LogP contribution is 2.59. The molecule has 0 aromatic heterocycles. The fourth-order valence-corrected chi connectivity index (χ4v) is 3.44. The van der Waals surface area contributed by atoms with E-state index in [9.17, 15) is 4.89 Å². The lowest BCUT2D eigenvalue weighted by Crippen LogP contribution is -2.15. The van der Waals surface area contributed by atoms with Crippen LogP contribution in [-0.2, 0) is 9.05 Å². The van der Waals surface area contributed by atoms with E-state index in [1.165, 1.54) is 0 Å². The molecule has 0 aliphatic carbocycles. The predicted octanol–water partition coefficient (Wildman–Crippen LogP) is 3.39. The van der Waals surface area contributed by atoms with Crippen LogP contribution in [0, 0.1) is 0 Å². The molecule has 0 saturated heterocycles. The number of hydrogen-bond acceptors (Lipinski definition) is 3. The van der Waals surface area contributed by atoms with Gasteiger partial charge >= 0.3 is 7.94 Å². The number of rotatable bonds is 7. The van der Waals surface area contributed by atoms with Crippen molar-refractivity contribution in [1.82, 2.24) is 0 Å². The minimum atomic E-state index is -2.60. The number of unbranched alkanes of at least 4 members (excludes halogenated alkanes) is 1. The fraction of sp³-hybridized carbons (Fsp3) is 1.00. The summed E-state index contributed by atoms with van der Waals surface area (Å²) in [6, 6.07) is 0. The van der Waals surface area contributed by atoms with Crippen LogP contribution in [0.15, 0.2) is 0 Å². The molecule has 0 amide bonds. The van der Waals surface area contributed by atoms with E-state index in [1.54, 1.807) is 0 Å². The molecule has 1 N–H and O–H groups in total. The Hall–Kier alpha value is 0.310. The van der Waals surface area contributed by atoms with E-state index in [1.807, 2.05) is 27.7 Å². The van der Waals surface area contributed by atoms with Crippen molar-refractivity contribution >= 4 is 7.94 Å². The van der Waals surface area contributed by atoms with Gasteiger partial charge in [0.15, 0.2) is 0 Å². The van der Waals surface area contributed by atoms with Crippen LogP contribution in [0.25, 0.3) is 0 Å². The maximum absolute atomic E-state index is 10.1. The van der Waals surface area contributed by atoms with Gasteiger partial charge in [-0.25, -0.2) is 0 Å². The van der Waals surface area contributed by atoms with E-state index in [-0.39, 0.29) is 12.2 Å². The Kier molecular flexibility index (Phi) is 6.88. The topological polar surface area (TPSA) is 38.7 Å². The van der Waals surface area contributed by atoms with Crippen molar-refractivity contribution < 1.29 is 13.9 Å². The summed E-state index contributed by atoms with van der Waals surface area (Å²) in [5.74, 6) is 0. The zero-order valence-corrected chi connectivity index (χ0v) is 10.9. The van der Waals surface area contributed by atoms with Crippen LogP contribution in [0.2, 0.25) is 0 Å². The molecule has 14 heavy (non-hydrogen) atoms. The molecule has 0 radical (unpaired) electrons. The van der Waals surface area contributed by atoms with Crippen molar-refractivity contribution in [1.29, 1.82) is 0 Å². The van der Waals surface area contributed by atoms with E-state index in [2.05, 4.69) is 6.92 Å². The van der Waals surface area contributed by atoms with Gasteiger partial charge in [0.2, 0.25) is 0 Å². The Bertz CT molecular complexity index is 138. The SMILES string of the molecule is CCCC[P+](O)(OC(C)C)OC(C)C. The smallest absolute Gasteiger partial charge is 0.193 e. The second kappa shape index (κ2) is 6.73. The average molecular weight is 223 g/mol. The average Bonchev–Trinajstić information content (AvgIpc) is 1.97. The van der Waals surface area contributed by atoms with Gasteiger partial charge in [0, 0.05) is 0 Å². The molecule has 0 aliphatic rings. The first-order valence-corrected chi connectivity index (χ1v) is 7.13. The molecule has 86 valence electrons. The second-order valence-electron chi connectivity index (χ2n) is 4.02. The molecule has 0 unspecified atom stereocenters. The van der Waals surface area contributed by atoms with Gasteiger partial charge in [-0.2, -0.15) is 13.9 Å². The Morgan fingerprint density at radius 2 is 1.50 bits per heavy atom. The lowest BCUT2D eigenvalue weighted by Gasteiger charge is -2.20. The van der Waals surface area contributed by atoms with Gasteiger partial charge in [0.25, 0.3) is 0 Å². The molecule has 0 atom stereocenters. The highest BCUT2D eigenvalue weighted by molar-refractivity contribution is 7.60. The summed E-state index contributed by atoms with van der Waals surface area (Å²) in [6.45, 7) is 9.76. The second-order valence-corrected chi connectivity index (χ2v) is 6.17. The summed E-state index contributed by atoms with van der Waals surface area (Å²) in [6.07, 6.45) is 2.67. The maximum atomic E-state index is 10.1. The molecule has 0 spiro atoms. The summed E-state index contributed by atoms with van der Waals surface area (Å²) < 4.78 is 11.0. The minimum absolute atomic E-state index is 0.0175. The van der Waals surface area contributed by atoms with Gasteiger partial charge in [-0.05, 0) is 34.1 Å². The lowest BCUT2D eigenvalue weighted by molar-refractivity contribution is 0.118. The molecule has 0 aliphatic heterocycles. The monoisotopic (exact) mass is 223 g/mol. The molecule has 0 aromatic rings. The van der Waals surface area contributed by atoms with E-state index in [0.717, 1.165) is 12.8 Å². The zero-order chi connectivity index (χ0) is 11.2. The maximum Gasteiger partial charge on any atom is 0.409 e. The molecule has 0 aromatic carbocycles. The molecule has 3 nitrogen and oxygen atoms in total. The summed E-state index contributed by atoms with van der Waals surface area (Å²) >= 11 is 0. The summed E-state index contributed by atoms with van der Waals surface area (Å²) in [5.41, 5.74) is 0. The summed E-state index contributed by atoms with van der Waals surface area (Å²) in [4.78, 5) is 10.1. The molecule has 0 heterocycles. The van der Waals surface area contributed by atoms with Crippen molar-refractivity contribution in [3.8, 4) is 0 Å². The van der Waals surface area contributed by atoms with Crippen molar-refractivity contribution in [2.45, 2.75) is 59.7 Å². The van der Waals surface area contributed by atoms with Crippen molar-refractivity contribution in [3.63, 3.8) is 0 Å². The van der Waals surface area contributed by atoms with Gasteiger partial charge in [-0.15, -0.1) is 0 Å². The molecule has 0 rings (SSSR count). The van der Waals surface area contributed by atoms with Crippen LogP contribution < -0.4 is 0 Å².